The van der Waals surface area contributed by atoms with E-state index in [1.165, 1.54) is 6.07 Å². The Bertz CT molecular complexity index is 833. The summed E-state index contributed by atoms with van der Waals surface area (Å²) in [4.78, 5) is 9.16. The lowest BCUT2D eigenvalue weighted by atomic mass is 10.1. The van der Waals surface area contributed by atoms with E-state index in [0.29, 0.717) is 11.5 Å². The molecule has 0 amide bonds. The third-order valence-electron chi connectivity index (χ3n) is 3.32. The van der Waals surface area contributed by atoms with Gasteiger partial charge in [0, 0.05) is 17.0 Å². The summed E-state index contributed by atoms with van der Waals surface area (Å²) in [5.41, 5.74) is 1.56. The summed E-state index contributed by atoms with van der Waals surface area (Å²) in [5.74, 6) is 1.22. The zero-order valence-corrected chi connectivity index (χ0v) is 13.0. The molecule has 0 unspecified atom stereocenters. The predicted molar refractivity (Wildman–Crippen MR) is 88.3 cm³/mol. The molecule has 1 aromatic heterocycles. The van der Waals surface area contributed by atoms with E-state index >= 15 is 0 Å². The number of halogens is 2. The molecule has 0 fully saturated rings. The summed E-state index contributed by atoms with van der Waals surface area (Å²) in [6, 6.07) is 12.3. The third-order valence-corrected chi connectivity index (χ3v) is 3.61. The molecule has 0 aliphatic heterocycles. The molecule has 0 spiro atoms. The Kier molecular flexibility index (Phi) is 3.94. The molecule has 0 atom stereocenters. The number of benzene rings is 2. The van der Waals surface area contributed by atoms with Gasteiger partial charge in [0.15, 0.2) is 0 Å². The molecule has 0 bridgehead atoms. The topological polar surface area (TPSA) is 37.8 Å². The summed E-state index contributed by atoms with van der Waals surface area (Å²) in [6.45, 7) is 4.09. The highest BCUT2D eigenvalue weighted by atomic mass is 35.5. The maximum absolute atomic E-state index is 13.3. The zero-order valence-electron chi connectivity index (χ0n) is 12.3. The van der Waals surface area contributed by atoms with Crippen molar-refractivity contribution in [3.8, 4) is 0 Å². The Labute approximate surface area is 133 Å². The molecule has 2 aromatic carbocycles. The second kappa shape index (κ2) is 5.89. The Morgan fingerprint density at radius 2 is 1.86 bits per heavy atom. The van der Waals surface area contributed by atoms with Crippen LogP contribution in [0.1, 0.15) is 25.6 Å². The molecule has 3 aromatic rings. The van der Waals surface area contributed by atoms with Crippen molar-refractivity contribution in [3.05, 3.63) is 59.1 Å². The van der Waals surface area contributed by atoms with E-state index in [1.807, 2.05) is 38.1 Å². The first kappa shape index (κ1) is 14.7. The predicted octanol–water partition coefficient (Wildman–Crippen LogP) is 5.29. The Hall–Kier alpha value is -2.20. The fourth-order valence-electron chi connectivity index (χ4n) is 2.16. The molecule has 0 aliphatic rings. The first-order valence-corrected chi connectivity index (χ1v) is 7.41. The van der Waals surface area contributed by atoms with Crippen molar-refractivity contribution in [2.75, 3.05) is 5.32 Å². The molecule has 112 valence electrons. The maximum Gasteiger partial charge on any atom is 0.142 e. The van der Waals surface area contributed by atoms with E-state index in [2.05, 4.69) is 15.3 Å². The number of hydrogen-bond donors (Lipinski definition) is 1. The van der Waals surface area contributed by atoms with Crippen molar-refractivity contribution in [2.45, 2.75) is 19.8 Å². The van der Waals surface area contributed by atoms with Gasteiger partial charge in [-0.05, 0) is 30.3 Å². The number of hydrogen-bond acceptors (Lipinski definition) is 3. The Morgan fingerprint density at radius 1 is 1.09 bits per heavy atom. The van der Waals surface area contributed by atoms with Crippen LogP contribution < -0.4 is 5.32 Å². The van der Waals surface area contributed by atoms with Gasteiger partial charge in [-0.2, -0.15) is 0 Å². The number of para-hydroxylation sites is 1. The second-order valence-corrected chi connectivity index (χ2v) is 5.76. The van der Waals surface area contributed by atoms with Crippen LogP contribution in [0.25, 0.3) is 10.9 Å². The fraction of sp³-hybridized carbons (Fsp3) is 0.176. The standard InChI is InChI=1S/C17H15ClFN3/c1-10(2)16-21-15-6-4-3-5-12(15)17(22-16)20-11-7-8-14(19)13(18)9-11/h3-10H,1-2H3,(H,20,21,22). The van der Waals surface area contributed by atoms with E-state index in [1.54, 1.807) is 12.1 Å². The van der Waals surface area contributed by atoms with Gasteiger partial charge in [-0.3, -0.25) is 0 Å². The van der Waals surface area contributed by atoms with Crippen molar-refractivity contribution in [2.24, 2.45) is 0 Å². The molecule has 5 heteroatoms. The van der Waals surface area contributed by atoms with Crippen LogP contribution in [0, 0.1) is 5.82 Å². The molecule has 3 nitrogen and oxygen atoms in total. The minimum Gasteiger partial charge on any atom is -0.340 e. The monoisotopic (exact) mass is 315 g/mol. The highest BCUT2D eigenvalue weighted by molar-refractivity contribution is 6.31. The summed E-state index contributed by atoms with van der Waals surface area (Å²) in [6.07, 6.45) is 0. The summed E-state index contributed by atoms with van der Waals surface area (Å²) < 4.78 is 13.3. The summed E-state index contributed by atoms with van der Waals surface area (Å²) >= 11 is 5.83. The smallest absolute Gasteiger partial charge is 0.142 e. The van der Waals surface area contributed by atoms with Gasteiger partial charge >= 0.3 is 0 Å². The van der Waals surface area contributed by atoms with Crippen molar-refractivity contribution in [1.29, 1.82) is 0 Å². The molecule has 0 saturated carbocycles. The lowest BCUT2D eigenvalue weighted by molar-refractivity contribution is 0.628. The SMILES string of the molecule is CC(C)c1nc(Nc2ccc(F)c(Cl)c2)c2ccccc2n1. The molecule has 0 aliphatic carbocycles. The highest BCUT2D eigenvalue weighted by Gasteiger charge is 2.11. The van der Waals surface area contributed by atoms with Crippen molar-refractivity contribution in [1.82, 2.24) is 9.97 Å². The van der Waals surface area contributed by atoms with E-state index < -0.39 is 5.82 Å². The van der Waals surface area contributed by atoms with Crippen LogP contribution in [0.4, 0.5) is 15.9 Å². The second-order valence-electron chi connectivity index (χ2n) is 5.36. The van der Waals surface area contributed by atoms with Gasteiger partial charge in [0.2, 0.25) is 0 Å². The lowest BCUT2D eigenvalue weighted by Crippen LogP contribution is -2.03. The van der Waals surface area contributed by atoms with E-state index in [4.69, 9.17) is 11.6 Å². The number of anilines is 2. The van der Waals surface area contributed by atoms with E-state index in [0.717, 1.165) is 16.7 Å². The highest BCUT2D eigenvalue weighted by Crippen LogP contribution is 2.27. The average Bonchev–Trinajstić information content (AvgIpc) is 2.50. The number of nitrogens with one attached hydrogen (secondary N) is 1. The molecular formula is C17H15ClFN3. The van der Waals surface area contributed by atoms with Crippen LogP contribution in [-0.2, 0) is 0 Å². The van der Waals surface area contributed by atoms with Crippen molar-refractivity contribution in [3.63, 3.8) is 0 Å². The number of aromatic nitrogens is 2. The average molecular weight is 316 g/mol. The largest absolute Gasteiger partial charge is 0.340 e. The molecule has 22 heavy (non-hydrogen) atoms. The van der Waals surface area contributed by atoms with Crippen molar-refractivity contribution >= 4 is 34.0 Å². The first-order chi connectivity index (χ1) is 10.5. The summed E-state index contributed by atoms with van der Waals surface area (Å²) in [7, 11) is 0. The van der Waals surface area contributed by atoms with Crippen LogP contribution in [0.3, 0.4) is 0 Å². The van der Waals surface area contributed by atoms with Crippen LogP contribution in [0.15, 0.2) is 42.5 Å². The third kappa shape index (κ3) is 2.88. The quantitative estimate of drug-likeness (QED) is 0.713. The minimum absolute atomic E-state index is 0.0763. The molecule has 1 N–H and O–H groups in total. The van der Waals surface area contributed by atoms with Crippen LogP contribution in [-0.4, -0.2) is 9.97 Å². The maximum atomic E-state index is 13.3. The number of rotatable bonds is 3. The minimum atomic E-state index is -0.442. The molecule has 1 heterocycles. The van der Waals surface area contributed by atoms with Gasteiger partial charge in [-0.15, -0.1) is 0 Å². The molecule has 3 rings (SSSR count). The molecule has 0 saturated heterocycles. The van der Waals surface area contributed by atoms with E-state index in [9.17, 15) is 4.39 Å². The van der Waals surface area contributed by atoms with Crippen LogP contribution in [0.2, 0.25) is 5.02 Å². The summed E-state index contributed by atoms with van der Waals surface area (Å²) in [5, 5.41) is 4.19. The van der Waals surface area contributed by atoms with Crippen LogP contribution in [0.5, 0.6) is 0 Å². The Morgan fingerprint density at radius 3 is 2.59 bits per heavy atom. The number of nitrogens with zero attached hydrogens (tertiary/aromatic N) is 2. The fourth-order valence-corrected chi connectivity index (χ4v) is 2.34. The van der Waals surface area contributed by atoms with Gasteiger partial charge in [0.05, 0.1) is 10.5 Å². The van der Waals surface area contributed by atoms with Gasteiger partial charge in [0.25, 0.3) is 0 Å². The number of fused-ring (bicyclic) bond motifs is 1. The van der Waals surface area contributed by atoms with Gasteiger partial charge in [-0.1, -0.05) is 37.6 Å². The first-order valence-electron chi connectivity index (χ1n) is 7.03. The molecule has 0 radical (unpaired) electrons. The van der Waals surface area contributed by atoms with Gasteiger partial charge in [0.1, 0.15) is 17.5 Å². The van der Waals surface area contributed by atoms with Crippen molar-refractivity contribution < 1.29 is 4.39 Å². The normalized spacial score (nSPS) is 11.1. The van der Waals surface area contributed by atoms with Crippen LogP contribution >= 0.6 is 11.6 Å². The van der Waals surface area contributed by atoms with Gasteiger partial charge in [-0.25, -0.2) is 14.4 Å². The van der Waals surface area contributed by atoms with E-state index in [-0.39, 0.29) is 10.9 Å². The van der Waals surface area contributed by atoms with Gasteiger partial charge < -0.3 is 5.32 Å². The molecular weight excluding hydrogens is 301 g/mol. The zero-order chi connectivity index (χ0) is 15.7. The Balaban J connectivity index is 2.10. The lowest BCUT2D eigenvalue weighted by Gasteiger charge is -2.12.